The van der Waals surface area contributed by atoms with E-state index in [1.165, 1.54) is 29.3 Å². The number of benzene rings is 2. The van der Waals surface area contributed by atoms with Crippen LogP contribution in [0.2, 0.25) is 0 Å². The number of hydrazine groups is 1. The van der Waals surface area contributed by atoms with Gasteiger partial charge in [-0.1, -0.05) is 44.2 Å². The van der Waals surface area contributed by atoms with Crippen LogP contribution in [0.4, 0.5) is 13.2 Å². The maximum atomic E-state index is 12.9. The van der Waals surface area contributed by atoms with Gasteiger partial charge in [0.2, 0.25) is 5.91 Å². The highest BCUT2D eigenvalue weighted by Gasteiger charge is 2.30. The summed E-state index contributed by atoms with van der Waals surface area (Å²) in [5.74, 6) is -1.45. The molecule has 1 atom stereocenters. The number of halogens is 3. The van der Waals surface area contributed by atoms with E-state index in [2.05, 4.69) is 5.43 Å². The highest BCUT2D eigenvalue weighted by atomic mass is 19.4. The molecule has 2 aromatic carbocycles. The van der Waals surface area contributed by atoms with Gasteiger partial charge in [0.1, 0.15) is 0 Å². The number of nitrogens with one attached hydrogen (secondary N) is 1. The van der Waals surface area contributed by atoms with Crippen LogP contribution < -0.4 is 5.43 Å². The Morgan fingerprint density at radius 1 is 1.06 bits per heavy atom. The van der Waals surface area contributed by atoms with Gasteiger partial charge in [-0.05, 0) is 48.6 Å². The molecular weight excluding hydrogens is 437 g/mol. The Kier molecular flexibility index (Phi) is 9.43. The minimum absolute atomic E-state index is 0.0452. The van der Waals surface area contributed by atoms with Crippen LogP contribution >= 0.6 is 0 Å². The van der Waals surface area contributed by atoms with Crippen LogP contribution in [0.25, 0.3) is 0 Å². The van der Waals surface area contributed by atoms with Crippen molar-refractivity contribution in [3.63, 3.8) is 0 Å². The van der Waals surface area contributed by atoms with E-state index < -0.39 is 23.8 Å². The minimum atomic E-state index is -4.45. The molecule has 2 aromatic rings. The van der Waals surface area contributed by atoms with Crippen LogP contribution in [0.1, 0.15) is 47.3 Å². The average molecular weight is 467 g/mol. The lowest BCUT2D eigenvalue weighted by atomic mass is 10.0. The molecule has 0 bridgehead atoms. The normalized spacial score (nSPS) is 12.6. The minimum Gasteiger partial charge on any atom is -0.478 e. The zero-order chi connectivity index (χ0) is 24.6. The predicted molar refractivity (Wildman–Crippen MR) is 117 cm³/mol. The van der Waals surface area contributed by atoms with Gasteiger partial charge in [-0.15, -0.1) is 0 Å². The molecule has 0 heterocycles. The summed E-state index contributed by atoms with van der Waals surface area (Å²) in [6.07, 6.45) is -4.58. The largest absolute Gasteiger partial charge is 0.478 e. The Bertz CT molecular complexity index is 930. The summed E-state index contributed by atoms with van der Waals surface area (Å²) in [5.41, 5.74) is 3.74. The highest BCUT2D eigenvalue weighted by molar-refractivity contribution is 5.87. The summed E-state index contributed by atoms with van der Waals surface area (Å²) in [6.45, 7) is 4.10. The second kappa shape index (κ2) is 11.8. The van der Waals surface area contributed by atoms with Crippen molar-refractivity contribution in [2.24, 2.45) is 5.92 Å². The number of hydrogen-bond donors (Lipinski definition) is 3. The lowest BCUT2D eigenvalue weighted by Crippen LogP contribution is -2.47. The number of rotatable bonds is 11. The molecule has 3 N–H and O–H groups in total. The van der Waals surface area contributed by atoms with Gasteiger partial charge in [0.15, 0.2) is 0 Å². The second-order valence-corrected chi connectivity index (χ2v) is 8.15. The van der Waals surface area contributed by atoms with E-state index in [1.807, 2.05) is 0 Å². The molecular formula is C24H29F3N2O4. The molecule has 180 valence electrons. The average Bonchev–Trinajstić information content (AvgIpc) is 2.75. The number of carboxylic acids is 1. The standard InChI is InChI=1S/C24H29F3N2O4/c1-16(2)22(31)29(28-12-10-17-6-8-19(9-7-17)23(32)33)13-11-21(30)15-18-4-3-5-20(14-18)24(25,26)27/h3-9,14,16,21,28,30H,10-13,15H2,1-2H3,(H,32,33). The molecule has 2 rings (SSSR count). The van der Waals surface area contributed by atoms with Gasteiger partial charge in [0.25, 0.3) is 0 Å². The highest BCUT2D eigenvalue weighted by Crippen LogP contribution is 2.29. The van der Waals surface area contributed by atoms with E-state index in [-0.39, 0.29) is 36.8 Å². The fourth-order valence-corrected chi connectivity index (χ4v) is 3.25. The van der Waals surface area contributed by atoms with Crippen LogP contribution in [0.3, 0.4) is 0 Å². The number of aliphatic hydroxyl groups is 1. The molecule has 0 spiro atoms. The van der Waals surface area contributed by atoms with Crippen molar-refractivity contribution in [3.05, 3.63) is 70.8 Å². The number of aliphatic hydroxyl groups excluding tert-OH is 1. The predicted octanol–water partition coefficient (Wildman–Crippen LogP) is 3.93. The van der Waals surface area contributed by atoms with Gasteiger partial charge in [-0.25, -0.2) is 10.2 Å². The van der Waals surface area contributed by atoms with Crippen molar-refractivity contribution in [1.82, 2.24) is 10.4 Å². The van der Waals surface area contributed by atoms with E-state index in [0.29, 0.717) is 18.5 Å². The third-order valence-electron chi connectivity index (χ3n) is 5.09. The number of nitrogens with zero attached hydrogens (tertiary/aromatic N) is 1. The van der Waals surface area contributed by atoms with Crippen molar-refractivity contribution >= 4 is 11.9 Å². The molecule has 33 heavy (non-hydrogen) atoms. The van der Waals surface area contributed by atoms with E-state index >= 15 is 0 Å². The number of carbonyl (C=O) groups is 2. The number of carbonyl (C=O) groups excluding carboxylic acids is 1. The lowest BCUT2D eigenvalue weighted by molar-refractivity contribution is -0.138. The summed E-state index contributed by atoms with van der Waals surface area (Å²) < 4.78 is 38.6. The Labute approximate surface area is 191 Å². The molecule has 0 saturated carbocycles. The van der Waals surface area contributed by atoms with Crippen molar-refractivity contribution in [2.45, 2.75) is 45.4 Å². The monoisotopic (exact) mass is 466 g/mol. The molecule has 1 unspecified atom stereocenters. The number of amides is 1. The van der Waals surface area contributed by atoms with Gasteiger partial charge >= 0.3 is 12.1 Å². The van der Waals surface area contributed by atoms with Crippen molar-refractivity contribution < 1.29 is 33.0 Å². The Morgan fingerprint density at radius 2 is 1.73 bits per heavy atom. The Hall–Kier alpha value is -2.91. The Morgan fingerprint density at radius 3 is 2.30 bits per heavy atom. The van der Waals surface area contributed by atoms with E-state index in [1.54, 1.807) is 26.0 Å². The molecule has 0 aliphatic carbocycles. The van der Waals surface area contributed by atoms with Crippen LogP contribution in [-0.4, -0.2) is 46.3 Å². The van der Waals surface area contributed by atoms with Gasteiger partial charge in [0.05, 0.1) is 17.2 Å². The third-order valence-corrected chi connectivity index (χ3v) is 5.09. The van der Waals surface area contributed by atoms with Crippen LogP contribution in [-0.2, 0) is 23.8 Å². The van der Waals surface area contributed by atoms with Crippen molar-refractivity contribution in [2.75, 3.05) is 13.1 Å². The summed E-state index contributed by atoms with van der Waals surface area (Å²) in [5, 5.41) is 20.7. The van der Waals surface area contributed by atoms with Gasteiger partial charge < -0.3 is 10.2 Å². The van der Waals surface area contributed by atoms with E-state index in [9.17, 15) is 27.9 Å². The first kappa shape index (κ1) is 26.3. The van der Waals surface area contributed by atoms with Crippen LogP contribution in [0.5, 0.6) is 0 Å². The molecule has 0 aliphatic heterocycles. The fourth-order valence-electron chi connectivity index (χ4n) is 3.25. The summed E-state index contributed by atoms with van der Waals surface area (Å²) >= 11 is 0. The number of carboxylic acid groups (broad SMARTS) is 1. The van der Waals surface area contributed by atoms with Gasteiger partial charge in [0, 0.05) is 19.0 Å². The quantitative estimate of drug-likeness (QED) is 0.437. The topological polar surface area (TPSA) is 89.9 Å². The number of alkyl halides is 3. The molecule has 6 nitrogen and oxygen atoms in total. The SMILES string of the molecule is CC(C)C(=O)N(CCC(O)Cc1cccc(C(F)(F)F)c1)NCCc1ccc(C(=O)O)cc1. The van der Waals surface area contributed by atoms with Crippen molar-refractivity contribution in [3.8, 4) is 0 Å². The molecule has 0 radical (unpaired) electrons. The van der Waals surface area contributed by atoms with Crippen LogP contribution in [0.15, 0.2) is 48.5 Å². The summed E-state index contributed by atoms with van der Waals surface area (Å²) in [7, 11) is 0. The zero-order valence-electron chi connectivity index (χ0n) is 18.6. The molecule has 0 fully saturated rings. The summed E-state index contributed by atoms with van der Waals surface area (Å²) in [6, 6.07) is 11.3. The third kappa shape index (κ3) is 8.51. The van der Waals surface area contributed by atoms with E-state index in [0.717, 1.165) is 17.7 Å². The molecule has 0 aromatic heterocycles. The Balaban J connectivity index is 1.91. The lowest BCUT2D eigenvalue weighted by Gasteiger charge is -2.26. The number of aromatic carboxylic acids is 1. The maximum Gasteiger partial charge on any atom is 0.416 e. The maximum absolute atomic E-state index is 12.9. The fraction of sp³-hybridized carbons (Fsp3) is 0.417. The first-order valence-corrected chi connectivity index (χ1v) is 10.7. The van der Waals surface area contributed by atoms with Gasteiger partial charge in [-0.3, -0.25) is 9.80 Å². The van der Waals surface area contributed by atoms with Gasteiger partial charge in [-0.2, -0.15) is 13.2 Å². The van der Waals surface area contributed by atoms with Crippen molar-refractivity contribution in [1.29, 1.82) is 0 Å². The first-order chi connectivity index (χ1) is 15.5. The van der Waals surface area contributed by atoms with Crippen LogP contribution in [0, 0.1) is 5.92 Å². The second-order valence-electron chi connectivity index (χ2n) is 8.15. The van der Waals surface area contributed by atoms with E-state index in [4.69, 9.17) is 5.11 Å². The smallest absolute Gasteiger partial charge is 0.416 e. The zero-order valence-corrected chi connectivity index (χ0v) is 18.6. The molecule has 1 amide bonds. The first-order valence-electron chi connectivity index (χ1n) is 10.7. The molecule has 9 heteroatoms. The number of hydrogen-bond acceptors (Lipinski definition) is 4. The molecule has 0 aliphatic rings. The summed E-state index contributed by atoms with van der Waals surface area (Å²) in [4.78, 5) is 23.5. The molecule has 0 saturated heterocycles.